The third-order valence-electron chi connectivity index (χ3n) is 5.27. The van der Waals surface area contributed by atoms with E-state index in [4.69, 9.17) is 10.5 Å². The summed E-state index contributed by atoms with van der Waals surface area (Å²) in [5.74, 6) is 1.49. The number of nitrogens with zero attached hydrogens (tertiary/aromatic N) is 3. The summed E-state index contributed by atoms with van der Waals surface area (Å²) in [6, 6.07) is 12.7. The molecule has 1 fully saturated rings. The molecule has 2 aliphatic heterocycles. The van der Waals surface area contributed by atoms with Gasteiger partial charge in [0, 0.05) is 6.54 Å². The highest BCUT2D eigenvalue weighted by Crippen LogP contribution is 2.48. The molecule has 3 heterocycles. The predicted octanol–water partition coefficient (Wildman–Crippen LogP) is -0.658. The SMILES string of the molecule is Cc1nc2c([nH]1)C1(CCN(Cc3ccccc3)CC1)C(C#N)=C(N)O2.[Cl-]. The number of nitriles is 1. The van der Waals surface area contributed by atoms with Gasteiger partial charge >= 0.3 is 0 Å². The Kier molecular flexibility index (Phi) is 4.94. The normalized spacial score (nSPS) is 18.6. The molecule has 1 saturated heterocycles. The van der Waals surface area contributed by atoms with Gasteiger partial charge in [-0.05, 0) is 38.4 Å². The second kappa shape index (κ2) is 7.02. The van der Waals surface area contributed by atoms with Crippen molar-refractivity contribution in [1.29, 1.82) is 5.26 Å². The predicted molar refractivity (Wildman–Crippen MR) is 93.4 cm³/mol. The Labute approximate surface area is 159 Å². The summed E-state index contributed by atoms with van der Waals surface area (Å²) >= 11 is 0. The van der Waals surface area contributed by atoms with Gasteiger partial charge in [0.15, 0.2) is 0 Å². The molecule has 1 spiro atoms. The molecule has 0 amide bonds. The van der Waals surface area contributed by atoms with Crippen molar-refractivity contribution in [3.8, 4) is 11.9 Å². The fourth-order valence-electron chi connectivity index (χ4n) is 3.98. The fourth-order valence-corrected chi connectivity index (χ4v) is 3.98. The highest BCUT2D eigenvalue weighted by Gasteiger charge is 2.48. The van der Waals surface area contributed by atoms with Crippen molar-refractivity contribution in [3.05, 3.63) is 58.9 Å². The number of imidazole rings is 1. The molecule has 0 radical (unpaired) electrons. The quantitative estimate of drug-likeness (QED) is 0.732. The third kappa shape index (κ3) is 2.94. The van der Waals surface area contributed by atoms with Crippen molar-refractivity contribution in [3.63, 3.8) is 0 Å². The van der Waals surface area contributed by atoms with E-state index in [9.17, 15) is 5.26 Å². The van der Waals surface area contributed by atoms with E-state index in [-0.39, 0.29) is 18.3 Å². The van der Waals surface area contributed by atoms with Gasteiger partial charge in [-0.15, -0.1) is 0 Å². The zero-order valence-corrected chi connectivity index (χ0v) is 15.4. The minimum Gasteiger partial charge on any atom is -1.00 e. The molecule has 0 saturated carbocycles. The van der Waals surface area contributed by atoms with Gasteiger partial charge in [0.05, 0.1) is 11.1 Å². The molecule has 0 aliphatic carbocycles. The Morgan fingerprint density at radius 2 is 2.00 bits per heavy atom. The van der Waals surface area contributed by atoms with Gasteiger partial charge in [-0.25, -0.2) is 0 Å². The second-order valence-corrected chi connectivity index (χ2v) is 6.80. The standard InChI is InChI=1S/C19H21N5O.ClH/c1-13-22-16-18(23-13)25-17(21)15(11-20)19(16)7-9-24(10-8-19)12-14-5-3-2-4-6-14;/h2-6H,7-10,12,21H2,1H3,(H,22,23);1H/p-1. The van der Waals surface area contributed by atoms with Crippen molar-refractivity contribution in [2.75, 3.05) is 13.1 Å². The number of likely N-dealkylation sites (tertiary alicyclic amines) is 1. The van der Waals surface area contributed by atoms with E-state index < -0.39 is 5.41 Å². The van der Waals surface area contributed by atoms with Crippen molar-refractivity contribution >= 4 is 0 Å². The lowest BCUT2D eigenvalue weighted by atomic mass is 9.69. The van der Waals surface area contributed by atoms with Crippen LogP contribution >= 0.6 is 0 Å². The molecule has 0 unspecified atom stereocenters. The summed E-state index contributed by atoms with van der Waals surface area (Å²) in [5, 5.41) is 9.70. The first-order valence-corrected chi connectivity index (χ1v) is 8.54. The number of fused-ring (bicyclic) bond motifs is 2. The summed E-state index contributed by atoms with van der Waals surface area (Å²) in [5.41, 5.74) is 8.36. The Hall–Kier alpha value is -2.49. The van der Waals surface area contributed by atoms with Gasteiger partial charge < -0.3 is 27.9 Å². The molecule has 136 valence electrons. The second-order valence-electron chi connectivity index (χ2n) is 6.80. The number of halogens is 1. The first-order chi connectivity index (χ1) is 12.1. The molecule has 1 aromatic heterocycles. The lowest BCUT2D eigenvalue weighted by molar-refractivity contribution is -0.00000658. The number of nitrogens with two attached hydrogens (primary N) is 1. The van der Waals surface area contributed by atoms with E-state index in [1.165, 1.54) is 5.56 Å². The molecule has 3 N–H and O–H groups in total. The average Bonchev–Trinajstić information content (AvgIpc) is 2.99. The fraction of sp³-hybridized carbons (Fsp3) is 0.368. The molecular formula is C19H21ClN5O-. The van der Waals surface area contributed by atoms with Gasteiger partial charge in [-0.2, -0.15) is 10.2 Å². The summed E-state index contributed by atoms with van der Waals surface area (Å²) in [6.45, 7) is 4.60. The van der Waals surface area contributed by atoms with E-state index in [2.05, 4.69) is 45.2 Å². The van der Waals surface area contributed by atoms with E-state index in [0.717, 1.165) is 44.0 Å². The van der Waals surface area contributed by atoms with Crippen LogP contribution in [0.1, 0.15) is 29.9 Å². The molecule has 6 nitrogen and oxygen atoms in total. The Morgan fingerprint density at radius 3 is 2.65 bits per heavy atom. The van der Waals surface area contributed by atoms with Crippen molar-refractivity contribution < 1.29 is 17.1 Å². The topological polar surface area (TPSA) is 91.0 Å². The molecule has 2 aromatic rings. The average molecular weight is 371 g/mol. The molecule has 2 aliphatic rings. The number of hydrogen-bond acceptors (Lipinski definition) is 5. The zero-order chi connectivity index (χ0) is 17.4. The van der Waals surface area contributed by atoms with Crippen LogP contribution in [0.15, 0.2) is 41.8 Å². The number of ether oxygens (including phenoxy) is 1. The van der Waals surface area contributed by atoms with Gasteiger partial charge in [-0.3, -0.25) is 4.90 Å². The van der Waals surface area contributed by atoms with E-state index >= 15 is 0 Å². The van der Waals surface area contributed by atoms with Gasteiger partial charge in [-0.1, -0.05) is 30.3 Å². The van der Waals surface area contributed by atoms with Gasteiger partial charge in [0.2, 0.25) is 11.8 Å². The van der Waals surface area contributed by atoms with Gasteiger partial charge in [0.1, 0.15) is 17.5 Å². The number of nitrogens with one attached hydrogen (secondary N) is 1. The Morgan fingerprint density at radius 1 is 1.31 bits per heavy atom. The summed E-state index contributed by atoms with van der Waals surface area (Å²) in [6.07, 6.45) is 1.64. The first-order valence-electron chi connectivity index (χ1n) is 8.54. The molecule has 7 heteroatoms. The van der Waals surface area contributed by atoms with Crippen LogP contribution in [-0.2, 0) is 12.0 Å². The van der Waals surface area contributed by atoms with Crippen LogP contribution in [0.4, 0.5) is 0 Å². The summed E-state index contributed by atoms with van der Waals surface area (Å²) in [7, 11) is 0. The zero-order valence-electron chi connectivity index (χ0n) is 14.6. The van der Waals surface area contributed by atoms with E-state index in [1.54, 1.807) is 0 Å². The number of allylic oxidation sites excluding steroid dienone is 1. The minimum atomic E-state index is -0.416. The maximum Gasteiger partial charge on any atom is 0.243 e. The first kappa shape index (κ1) is 18.3. The molecule has 4 rings (SSSR count). The summed E-state index contributed by atoms with van der Waals surface area (Å²) in [4.78, 5) is 10.1. The summed E-state index contributed by atoms with van der Waals surface area (Å²) < 4.78 is 5.59. The number of aromatic nitrogens is 2. The molecular weight excluding hydrogens is 350 g/mol. The van der Waals surface area contributed by atoms with Crippen molar-refractivity contribution in [2.24, 2.45) is 5.73 Å². The Balaban J connectivity index is 0.00000196. The lowest BCUT2D eigenvalue weighted by Crippen LogP contribution is -3.00. The van der Waals surface area contributed by atoms with Crippen LogP contribution in [0.3, 0.4) is 0 Å². The molecule has 0 bridgehead atoms. The number of aromatic amines is 1. The van der Waals surface area contributed by atoms with Crippen molar-refractivity contribution in [2.45, 2.75) is 31.7 Å². The maximum absolute atomic E-state index is 9.70. The van der Waals surface area contributed by atoms with Crippen LogP contribution in [0.25, 0.3) is 0 Å². The van der Waals surface area contributed by atoms with Crippen LogP contribution < -0.4 is 22.9 Å². The smallest absolute Gasteiger partial charge is 0.243 e. The number of piperidine rings is 1. The number of aryl methyl sites for hydroxylation is 1. The van der Waals surface area contributed by atoms with E-state index in [0.29, 0.717) is 11.5 Å². The van der Waals surface area contributed by atoms with Crippen LogP contribution in [-0.4, -0.2) is 28.0 Å². The van der Waals surface area contributed by atoms with Crippen LogP contribution in [0.5, 0.6) is 5.88 Å². The van der Waals surface area contributed by atoms with Gasteiger partial charge in [0.25, 0.3) is 0 Å². The number of hydrogen-bond donors (Lipinski definition) is 2. The van der Waals surface area contributed by atoms with Crippen molar-refractivity contribution in [1.82, 2.24) is 14.9 Å². The highest BCUT2D eigenvalue weighted by atomic mass is 35.5. The molecule has 26 heavy (non-hydrogen) atoms. The Bertz CT molecular complexity index is 860. The third-order valence-corrected chi connectivity index (χ3v) is 5.27. The highest BCUT2D eigenvalue weighted by molar-refractivity contribution is 5.50. The lowest BCUT2D eigenvalue weighted by Gasteiger charge is -2.42. The number of H-pyrrole nitrogens is 1. The van der Waals surface area contributed by atoms with Crippen LogP contribution in [0.2, 0.25) is 0 Å². The molecule has 0 atom stereocenters. The number of rotatable bonds is 2. The van der Waals surface area contributed by atoms with Crippen LogP contribution in [0, 0.1) is 18.3 Å². The number of benzene rings is 1. The maximum atomic E-state index is 9.70. The molecule has 1 aromatic carbocycles. The minimum absolute atomic E-state index is 0. The monoisotopic (exact) mass is 370 g/mol. The van der Waals surface area contributed by atoms with E-state index in [1.807, 2.05) is 13.0 Å². The largest absolute Gasteiger partial charge is 1.00 e.